The van der Waals surface area contributed by atoms with Crippen molar-refractivity contribution in [2.45, 2.75) is 39.0 Å². The molecule has 6 heteroatoms. The maximum atomic E-state index is 11.8. The van der Waals surface area contributed by atoms with E-state index in [1.165, 1.54) is 5.56 Å². The van der Waals surface area contributed by atoms with Gasteiger partial charge >= 0.3 is 5.97 Å². The van der Waals surface area contributed by atoms with Gasteiger partial charge in [0.1, 0.15) is 5.52 Å². The molecule has 1 amide bonds. The first-order valence-electron chi connectivity index (χ1n) is 8.75. The first-order valence-corrected chi connectivity index (χ1v) is 8.75. The molecule has 0 aliphatic rings. The van der Waals surface area contributed by atoms with Gasteiger partial charge in [-0.15, -0.1) is 0 Å². The molecular weight excluding hydrogens is 344 g/mol. The minimum absolute atomic E-state index is 0.0743. The number of nitrogens with one attached hydrogen (secondary N) is 1. The van der Waals surface area contributed by atoms with E-state index in [1.54, 1.807) is 18.2 Å². The summed E-state index contributed by atoms with van der Waals surface area (Å²) in [5.41, 5.74) is 3.98. The Bertz CT molecular complexity index is 982. The van der Waals surface area contributed by atoms with Gasteiger partial charge in [0.15, 0.2) is 5.58 Å². The summed E-state index contributed by atoms with van der Waals surface area (Å²) in [6.45, 7) is 6.48. The normalized spacial score (nSPS) is 11.5. The minimum atomic E-state index is -1.00. The number of hydrogen-bond acceptors (Lipinski definition) is 4. The van der Waals surface area contributed by atoms with E-state index in [0.717, 1.165) is 5.56 Å². The highest BCUT2D eigenvalue weighted by Gasteiger charge is 2.15. The summed E-state index contributed by atoms with van der Waals surface area (Å²) in [6, 6.07) is 13.3. The third-order valence-corrected chi connectivity index (χ3v) is 4.24. The second-order valence-corrected chi connectivity index (χ2v) is 7.47. The van der Waals surface area contributed by atoms with Crippen LogP contribution in [0.15, 0.2) is 46.9 Å². The zero-order valence-electron chi connectivity index (χ0n) is 15.6. The van der Waals surface area contributed by atoms with Gasteiger partial charge < -0.3 is 14.8 Å². The van der Waals surface area contributed by atoms with Gasteiger partial charge in [-0.3, -0.25) is 9.59 Å². The molecule has 140 valence electrons. The number of amides is 1. The van der Waals surface area contributed by atoms with E-state index in [4.69, 9.17) is 9.52 Å². The van der Waals surface area contributed by atoms with Crippen LogP contribution in [0.5, 0.6) is 0 Å². The van der Waals surface area contributed by atoms with E-state index >= 15 is 0 Å². The summed E-state index contributed by atoms with van der Waals surface area (Å²) in [7, 11) is 0. The van der Waals surface area contributed by atoms with E-state index in [9.17, 15) is 9.59 Å². The van der Waals surface area contributed by atoms with Crippen molar-refractivity contribution in [3.05, 3.63) is 48.0 Å². The molecule has 0 fully saturated rings. The molecule has 0 spiro atoms. The van der Waals surface area contributed by atoms with E-state index in [0.29, 0.717) is 22.7 Å². The van der Waals surface area contributed by atoms with Crippen LogP contribution in [0.3, 0.4) is 0 Å². The van der Waals surface area contributed by atoms with Crippen molar-refractivity contribution < 1.29 is 19.1 Å². The quantitative estimate of drug-likeness (QED) is 0.689. The molecule has 3 aromatic rings. The predicted octanol–water partition coefficient (Wildman–Crippen LogP) is 4.60. The van der Waals surface area contributed by atoms with Crippen molar-refractivity contribution in [2.24, 2.45) is 0 Å². The SMILES string of the molecule is CC(C)(C)c1ccc(-c2nc3ccc(NC(=O)CCC(=O)O)cc3o2)cc1. The van der Waals surface area contributed by atoms with Gasteiger partial charge in [-0.25, -0.2) is 4.98 Å². The Morgan fingerprint density at radius 1 is 1.07 bits per heavy atom. The summed E-state index contributed by atoms with van der Waals surface area (Å²) in [5.74, 6) is -0.841. The van der Waals surface area contributed by atoms with Crippen LogP contribution in [-0.2, 0) is 15.0 Å². The van der Waals surface area contributed by atoms with E-state index in [-0.39, 0.29) is 24.2 Å². The number of rotatable bonds is 5. The minimum Gasteiger partial charge on any atom is -0.481 e. The van der Waals surface area contributed by atoms with E-state index < -0.39 is 5.97 Å². The number of anilines is 1. The smallest absolute Gasteiger partial charge is 0.303 e. The van der Waals surface area contributed by atoms with Gasteiger partial charge in [0.2, 0.25) is 11.8 Å². The van der Waals surface area contributed by atoms with Crippen LogP contribution in [0, 0.1) is 0 Å². The van der Waals surface area contributed by atoms with E-state index in [2.05, 4.69) is 43.2 Å². The van der Waals surface area contributed by atoms with Gasteiger partial charge in [-0.2, -0.15) is 0 Å². The van der Waals surface area contributed by atoms with Crippen LogP contribution < -0.4 is 5.32 Å². The van der Waals surface area contributed by atoms with Crippen molar-refractivity contribution in [3.63, 3.8) is 0 Å². The fourth-order valence-corrected chi connectivity index (χ4v) is 2.68. The van der Waals surface area contributed by atoms with Crippen molar-refractivity contribution >= 4 is 28.7 Å². The molecule has 1 heterocycles. The number of carbonyl (C=O) groups excluding carboxylic acids is 1. The van der Waals surface area contributed by atoms with Gasteiger partial charge in [0, 0.05) is 23.7 Å². The largest absolute Gasteiger partial charge is 0.481 e. The third-order valence-electron chi connectivity index (χ3n) is 4.24. The third kappa shape index (κ3) is 4.53. The maximum Gasteiger partial charge on any atom is 0.303 e. The van der Waals surface area contributed by atoms with Crippen LogP contribution in [-0.4, -0.2) is 22.0 Å². The molecule has 0 atom stereocenters. The number of nitrogens with zero attached hydrogens (tertiary/aromatic N) is 1. The van der Waals surface area contributed by atoms with Gasteiger partial charge in [-0.1, -0.05) is 32.9 Å². The van der Waals surface area contributed by atoms with Crippen molar-refractivity contribution in [1.29, 1.82) is 0 Å². The lowest BCUT2D eigenvalue weighted by molar-refractivity contribution is -0.138. The molecule has 0 radical (unpaired) electrons. The number of aliphatic carboxylic acids is 1. The highest BCUT2D eigenvalue weighted by atomic mass is 16.4. The second-order valence-electron chi connectivity index (χ2n) is 7.47. The number of hydrogen-bond donors (Lipinski definition) is 2. The molecule has 2 aromatic carbocycles. The predicted molar refractivity (Wildman–Crippen MR) is 104 cm³/mol. The average molecular weight is 366 g/mol. The number of fused-ring (bicyclic) bond motifs is 1. The zero-order valence-corrected chi connectivity index (χ0v) is 15.6. The van der Waals surface area contributed by atoms with Crippen LogP contribution in [0.4, 0.5) is 5.69 Å². The summed E-state index contributed by atoms with van der Waals surface area (Å²) in [6.07, 6.45) is -0.278. The first-order chi connectivity index (χ1) is 12.7. The molecule has 0 aliphatic heterocycles. The fourth-order valence-electron chi connectivity index (χ4n) is 2.68. The summed E-state index contributed by atoms with van der Waals surface area (Å²) in [4.78, 5) is 26.8. The Morgan fingerprint density at radius 3 is 2.41 bits per heavy atom. The van der Waals surface area contributed by atoms with Gasteiger partial charge in [-0.05, 0) is 35.2 Å². The Hall–Kier alpha value is -3.15. The number of carbonyl (C=O) groups is 2. The molecule has 0 aliphatic carbocycles. The molecule has 1 aromatic heterocycles. The van der Waals surface area contributed by atoms with Crippen LogP contribution >= 0.6 is 0 Å². The molecule has 0 saturated heterocycles. The van der Waals surface area contributed by atoms with Crippen molar-refractivity contribution in [1.82, 2.24) is 4.98 Å². The summed E-state index contributed by atoms with van der Waals surface area (Å²) in [5, 5.41) is 11.3. The maximum absolute atomic E-state index is 11.8. The first kappa shape index (κ1) is 18.6. The highest BCUT2D eigenvalue weighted by molar-refractivity contribution is 5.94. The van der Waals surface area contributed by atoms with E-state index in [1.807, 2.05) is 12.1 Å². The number of carboxylic acid groups (broad SMARTS) is 1. The molecule has 0 saturated carbocycles. The molecule has 0 bridgehead atoms. The topological polar surface area (TPSA) is 92.4 Å². The molecule has 0 unspecified atom stereocenters. The lowest BCUT2D eigenvalue weighted by Gasteiger charge is -2.18. The van der Waals surface area contributed by atoms with Crippen LogP contribution in [0.2, 0.25) is 0 Å². The zero-order chi connectivity index (χ0) is 19.6. The van der Waals surface area contributed by atoms with Gasteiger partial charge in [0.05, 0.1) is 6.42 Å². The molecular formula is C21H22N2O4. The average Bonchev–Trinajstić information content (AvgIpc) is 3.02. The Balaban J connectivity index is 1.79. The fraction of sp³-hybridized carbons (Fsp3) is 0.286. The molecule has 6 nitrogen and oxygen atoms in total. The number of oxazole rings is 1. The Kier molecular flexibility index (Phi) is 4.99. The second kappa shape index (κ2) is 7.23. The summed E-state index contributed by atoms with van der Waals surface area (Å²) >= 11 is 0. The van der Waals surface area contributed by atoms with Crippen LogP contribution in [0.25, 0.3) is 22.6 Å². The molecule has 3 rings (SSSR count). The number of carboxylic acids is 1. The highest BCUT2D eigenvalue weighted by Crippen LogP contribution is 2.29. The van der Waals surface area contributed by atoms with Crippen molar-refractivity contribution in [3.8, 4) is 11.5 Å². The standard InChI is InChI=1S/C21H22N2O4/c1-21(2,3)14-6-4-13(5-7-14)20-23-16-9-8-15(12-17(16)27-20)22-18(24)10-11-19(25)26/h4-9,12H,10-11H2,1-3H3,(H,22,24)(H,25,26). The number of aromatic nitrogens is 1. The van der Waals surface area contributed by atoms with Crippen molar-refractivity contribution in [2.75, 3.05) is 5.32 Å². The monoisotopic (exact) mass is 366 g/mol. The summed E-state index contributed by atoms with van der Waals surface area (Å²) < 4.78 is 5.84. The Labute approximate surface area is 157 Å². The lowest BCUT2D eigenvalue weighted by Crippen LogP contribution is -2.12. The van der Waals surface area contributed by atoms with Gasteiger partial charge in [0.25, 0.3) is 0 Å². The molecule has 27 heavy (non-hydrogen) atoms. The number of benzene rings is 2. The lowest BCUT2D eigenvalue weighted by atomic mass is 9.87. The Morgan fingerprint density at radius 2 is 1.78 bits per heavy atom. The molecule has 2 N–H and O–H groups in total. The van der Waals surface area contributed by atoms with Crippen LogP contribution in [0.1, 0.15) is 39.2 Å².